The van der Waals surface area contributed by atoms with Crippen LogP contribution < -0.4 is 15.4 Å². The largest absolute Gasteiger partial charge is 0.434 e. The number of hydrogen-bond acceptors (Lipinski definition) is 5. The van der Waals surface area contributed by atoms with Crippen molar-refractivity contribution in [3.8, 4) is 17.0 Å². The molecule has 3 rings (SSSR count). The van der Waals surface area contributed by atoms with Crippen LogP contribution in [0.1, 0.15) is 16.8 Å². The maximum atomic E-state index is 12.6. The Morgan fingerprint density at radius 2 is 1.87 bits per heavy atom. The van der Waals surface area contributed by atoms with Crippen molar-refractivity contribution in [1.82, 2.24) is 10.3 Å². The number of anilines is 1. The van der Waals surface area contributed by atoms with Crippen molar-refractivity contribution in [2.45, 2.75) is 13.0 Å². The van der Waals surface area contributed by atoms with Crippen LogP contribution >= 0.6 is 22.9 Å². The molecule has 156 valence electrons. The van der Waals surface area contributed by atoms with Gasteiger partial charge in [-0.05, 0) is 36.4 Å². The second-order valence-electron chi connectivity index (χ2n) is 5.97. The van der Waals surface area contributed by atoms with Crippen molar-refractivity contribution in [1.29, 1.82) is 0 Å². The van der Waals surface area contributed by atoms with E-state index in [9.17, 15) is 18.4 Å². The first kappa shape index (κ1) is 21.7. The summed E-state index contributed by atoms with van der Waals surface area (Å²) in [6.07, 6.45) is 0.0410. The second-order valence-corrected chi connectivity index (χ2v) is 7.27. The van der Waals surface area contributed by atoms with Crippen LogP contribution in [0.5, 0.6) is 5.75 Å². The van der Waals surface area contributed by atoms with Gasteiger partial charge in [-0.1, -0.05) is 23.7 Å². The summed E-state index contributed by atoms with van der Waals surface area (Å²) in [5.41, 5.74) is 1.24. The van der Waals surface area contributed by atoms with E-state index in [2.05, 4.69) is 20.4 Å². The van der Waals surface area contributed by atoms with E-state index in [1.807, 2.05) is 0 Å². The first-order valence-corrected chi connectivity index (χ1v) is 10.0. The second kappa shape index (κ2) is 10.1. The van der Waals surface area contributed by atoms with Crippen molar-refractivity contribution in [3.05, 3.63) is 64.5 Å². The number of rotatable bonds is 8. The highest BCUT2D eigenvalue weighted by molar-refractivity contribution is 7.14. The Balaban J connectivity index is 1.53. The number of nitrogens with zero attached hydrogens (tertiary/aromatic N) is 1. The van der Waals surface area contributed by atoms with Crippen LogP contribution in [-0.4, -0.2) is 30.0 Å². The van der Waals surface area contributed by atoms with E-state index in [1.54, 1.807) is 47.8 Å². The Morgan fingerprint density at radius 1 is 1.13 bits per heavy atom. The number of benzene rings is 2. The maximum Gasteiger partial charge on any atom is 0.387 e. The third-order valence-electron chi connectivity index (χ3n) is 3.87. The molecule has 0 bridgehead atoms. The molecule has 0 fully saturated rings. The van der Waals surface area contributed by atoms with Crippen LogP contribution in [0.25, 0.3) is 11.3 Å². The number of thiazole rings is 1. The summed E-state index contributed by atoms with van der Waals surface area (Å²) in [6, 6.07) is 12.7. The van der Waals surface area contributed by atoms with Crippen molar-refractivity contribution >= 4 is 39.9 Å². The number of halogens is 3. The molecule has 0 saturated carbocycles. The van der Waals surface area contributed by atoms with E-state index in [-0.39, 0.29) is 30.5 Å². The molecule has 0 spiro atoms. The normalized spacial score (nSPS) is 10.7. The van der Waals surface area contributed by atoms with E-state index in [4.69, 9.17) is 11.6 Å². The van der Waals surface area contributed by atoms with E-state index in [1.165, 1.54) is 6.07 Å². The van der Waals surface area contributed by atoms with Gasteiger partial charge in [0.2, 0.25) is 5.91 Å². The smallest absolute Gasteiger partial charge is 0.387 e. The van der Waals surface area contributed by atoms with Crippen molar-refractivity contribution in [2.75, 3.05) is 11.9 Å². The highest BCUT2D eigenvalue weighted by atomic mass is 35.5. The number of amides is 2. The van der Waals surface area contributed by atoms with Gasteiger partial charge < -0.3 is 15.4 Å². The monoisotopic (exact) mass is 451 g/mol. The summed E-state index contributed by atoms with van der Waals surface area (Å²) >= 11 is 6.93. The highest BCUT2D eigenvalue weighted by Crippen LogP contribution is 2.33. The van der Waals surface area contributed by atoms with Gasteiger partial charge in [-0.2, -0.15) is 8.78 Å². The molecule has 3 aromatic rings. The minimum absolute atomic E-state index is 0.000545. The molecule has 2 N–H and O–H groups in total. The number of alkyl halides is 2. The fourth-order valence-corrected chi connectivity index (χ4v) is 3.36. The summed E-state index contributed by atoms with van der Waals surface area (Å²) in [4.78, 5) is 28.3. The minimum Gasteiger partial charge on any atom is -0.434 e. The molecule has 1 heterocycles. The Morgan fingerprint density at radius 3 is 2.60 bits per heavy atom. The van der Waals surface area contributed by atoms with Crippen LogP contribution in [0.15, 0.2) is 53.9 Å². The van der Waals surface area contributed by atoms with Gasteiger partial charge >= 0.3 is 6.61 Å². The molecule has 0 aliphatic heterocycles. The average molecular weight is 452 g/mol. The molecule has 0 radical (unpaired) electrons. The quantitative estimate of drug-likeness (QED) is 0.514. The number of ether oxygens (including phenoxy) is 1. The number of hydrogen-bond donors (Lipinski definition) is 2. The number of para-hydroxylation sites is 1. The fourth-order valence-electron chi connectivity index (χ4n) is 2.51. The Labute approximate surface area is 179 Å². The lowest BCUT2D eigenvalue weighted by Crippen LogP contribution is -2.27. The Bertz CT molecular complexity index is 1030. The maximum absolute atomic E-state index is 12.6. The van der Waals surface area contributed by atoms with Crippen LogP contribution in [0.2, 0.25) is 5.02 Å². The van der Waals surface area contributed by atoms with Crippen molar-refractivity contribution in [3.63, 3.8) is 0 Å². The number of carbonyl (C=O) groups excluding carboxylic acids is 2. The van der Waals surface area contributed by atoms with Gasteiger partial charge in [-0.3, -0.25) is 9.59 Å². The first-order valence-electron chi connectivity index (χ1n) is 8.76. The zero-order chi connectivity index (χ0) is 21.5. The lowest BCUT2D eigenvalue weighted by Gasteiger charge is -2.08. The molecule has 10 heteroatoms. The average Bonchev–Trinajstić information content (AvgIpc) is 3.16. The van der Waals surface area contributed by atoms with Gasteiger partial charge in [0.05, 0.1) is 5.69 Å². The molecule has 0 atom stereocenters. The number of aromatic nitrogens is 1. The predicted octanol–water partition coefficient (Wildman–Crippen LogP) is 4.82. The Kier molecular flexibility index (Phi) is 7.31. The molecule has 2 amide bonds. The van der Waals surface area contributed by atoms with Crippen molar-refractivity contribution < 1.29 is 23.1 Å². The van der Waals surface area contributed by atoms with E-state index >= 15 is 0 Å². The van der Waals surface area contributed by atoms with E-state index in [0.717, 1.165) is 11.3 Å². The molecule has 0 unspecified atom stereocenters. The third kappa shape index (κ3) is 5.98. The third-order valence-corrected chi connectivity index (χ3v) is 4.88. The van der Waals surface area contributed by atoms with Gasteiger partial charge in [0.15, 0.2) is 5.13 Å². The molecular formula is C20H16ClF2N3O3S. The summed E-state index contributed by atoms with van der Waals surface area (Å²) in [6.45, 7) is -2.82. The first-order chi connectivity index (χ1) is 14.4. The molecule has 0 aliphatic rings. The number of nitrogens with one attached hydrogen (secondary N) is 2. The highest BCUT2D eigenvalue weighted by Gasteiger charge is 2.14. The lowest BCUT2D eigenvalue weighted by atomic mass is 10.1. The van der Waals surface area contributed by atoms with Crippen LogP contribution in [-0.2, 0) is 4.79 Å². The SMILES string of the molecule is O=C(CCNC(=O)c1ccc(Cl)cc1)Nc1nc(-c2ccccc2OC(F)F)cs1. The summed E-state index contributed by atoms with van der Waals surface area (Å²) < 4.78 is 29.6. The minimum atomic E-state index is -2.95. The van der Waals surface area contributed by atoms with E-state index < -0.39 is 6.61 Å². The van der Waals surface area contributed by atoms with E-state index in [0.29, 0.717) is 27.0 Å². The van der Waals surface area contributed by atoms with Gasteiger partial charge in [-0.25, -0.2) is 4.98 Å². The molecule has 30 heavy (non-hydrogen) atoms. The molecular weight excluding hydrogens is 436 g/mol. The molecule has 0 saturated heterocycles. The predicted molar refractivity (Wildman–Crippen MR) is 111 cm³/mol. The van der Waals surface area contributed by atoms with Crippen molar-refractivity contribution in [2.24, 2.45) is 0 Å². The summed E-state index contributed by atoms with van der Waals surface area (Å²) in [5.74, 6) is -0.656. The lowest BCUT2D eigenvalue weighted by molar-refractivity contribution is -0.116. The van der Waals surface area contributed by atoms with Gasteiger partial charge in [0.25, 0.3) is 5.91 Å². The van der Waals surface area contributed by atoms with Crippen LogP contribution in [0.3, 0.4) is 0 Å². The van der Waals surface area contributed by atoms with Gasteiger partial charge in [0, 0.05) is 34.5 Å². The van der Waals surface area contributed by atoms with Crippen LogP contribution in [0.4, 0.5) is 13.9 Å². The Hall–Kier alpha value is -3.04. The summed E-state index contributed by atoms with van der Waals surface area (Å²) in [7, 11) is 0. The van der Waals surface area contributed by atoms with Gasteiger partial charge in [0.1, 0.15) is 5.75 Å². The fraction of sp³-hybridized carbons (Fsp3) is 0.150. The van der Waals surface area contributed by atoms with Gasteiger partial charge in [-0.15, -0.1) is 11.3 Å². The number of carbonyl (C=O) groups is 2. The van der Waals surface area contributed by atoms with Crippen LogP contribution in [0, 0.1) is 0 Å². The topological polar surface area (TPSA) is 80.3 Å². The summed E-state index contributed by atoms with van der Waals surface area (Å²) in [5, 5.41) is 7.74. The zero-order valence-electron chi connectivity index (χ0n) is 15.4. The molecule has 0 aliphatic carbocycles. The molecule has 6 nitrogen and oxygen atoms in total. The standard InChI is InChI=1S/C20H16ClF2N3O3S/c21-13-7-5-12(6-8-13)18(28)24-10-9-17(27)26-20-25-15(11-30-20)14-3-1-2-4-16(14)29-19(22)23/h1-8,11,19H,9-10H2,(H,24,28)(H,25,26,27). The zero-order valence-corrected chi connectivity index (χ0v) is 17.0. The molecule has 2 aromatic carbocycles. The molecule has 1 aromatic heterocycles.